The fourth-order valence-electron chi connectivity index (χ4n) is 3.37. The zero-order valence-electron chi connectivity index (χ0n) is 17.8. The van der Waals surface area contributed by atoms with Crippen LogP contribution in [0.25, 0.3) is 11.8 Å². The summed E-state index contributed by atoms with van der Waals surface area (Å²) in [5.41, 5.74) is 3.83. The van der Waals surface area contributed by atoms with E-state index in [1.54, 1.807) is 11.8 Å². The average molecular weight is 446 g/mol. The summed E-state index contributed by atoms with van der Waals surface area (Å²) in [5, 5.41) is 9.55. The second-order valence-electron chi connectivity index (χ2n) is 7.44. The summed E-state index contributed by atoms with van der Waals surface area (Å²) in [4.78, 5) is 28.3. The van der Waals surface area contributed by atoms with Crippen molar-refractivity contribution in [3.8, 4) is 5.69 Å². The van der Waals surface area contributed by atoms with E-state index in [0.717, 1.165) is 33.3 Å². The van der Waals surface area contributed by atoms with Crippen LogP contribution in [-0.4, -0.2) is 30.5 Å². The van der Waals surface area contributed by atoms with Crippen LogP contribution in [0.1, 0.15) is 28.2 Å². The van der Waals surface area contributed by atoms with Crippen LogP contribution in [-0.2, 0) is 6.42 Å². The maximum Gasteiger partial charge on any atom is 0.325 e. The van der Waals surface area contributed by atoms with Gasteiger partial charge in [-0.3, -0.25) is 14.3 Å². The zero-order chi connectivity index (χ0) is 22.5. The van der Waals surface area contributed by atoms with Crippen molar-refractivity contribution < 1.29 is 0 Å². The van der Waals surface area contributed by atoms with Gasteiger partial charge in [-0.2, -0.15) is 0 Å². The van der Waals surface area contributed by atoms with Crippen LogP contribution in [0, 0.1) is 13.8 Å². The molecule has 0 radical (unpaired) electrons. The Morgan fingerprint density at radius 1 is 1.00 bits per heavy atom. The van der Waals surface area contributed by atoms with E-state index in [2.05, 4.69) is 62.6 Å². The number of hydrogen-bond acceptors (Lipinski definition) is 5. The summed E-state index contributed by atoms with van der Waals surface area (Å²) < 4.78 is 2.00. The number of rotatable bonds is 7. The van der Waals surface area contributed by atoms with Crippen LogP contribution in [0.2, 0.25) is 0 Å². The third kappa shape index (κ3) is 5.15. The highest BCUT2D eigenvalue weighted by atomic mass is 32.2. The first-order valence-corrected chi connectivity index (χ1v) is 11.2. The largest absolute Gasteiger partial charge is 0.325 e. The van der Waals surface area contributed by atoms with Crippen LogP contribution in [0.4, 0.5) is 0 Å². The van der Waals surface area contributed by atoms with E-state index in [4.69, 9.17) is 0 Å². The van der Waals surface area contributed by atoms with Gasteiger partial charge in [0.15, 0.2) is 5.16 Å². The first-order valence-electron chi connectivity index (χ1n) is 10.2. The highest BCUT2D eigenvalue weighted by Gasteiger charge is 2.17. The van der Waals surface area contributed by atoms with Crippen LogP contribution in [0.3, 0.4) is 0 Å². The van der Waals surface area contributed by atoms with Gasteiger partial charge in [0.05, 0.1) is 5.69 Å². The first-order chi connectivity index (χ1) is 15.5. The molecule has 0 atom stereocenters. The highest BCUT2D eigenvalue weighted by Crippen LogP contribution is 2.26. The Hall–Kier alpha value is -3.65. The Kier molecular flexibility index (Phi) is 6.51. The molecule has 2 aromatic carbocycles. The van der Waals surface area contributed by atoms with Crippen molar-refractivity contribution in [1.82, 2.24) is 24.7 Å². The van der Waals surface area contributed by atoms with Gasteiger partial charge >= 0.3 is 5.69 Å². The minimum absolute atomic E-state index is 0.278. The molecule has 4 aromatic rings. The van der Waals surface area contributed by atoms with Crippen molar-refractivity contribution in [2.45, 2.75) is 25.4 Å². The van der Waals surface area contributed by atoms with Crippen molar-refractivity contribution in [3.05, 3.63) is 110 Å². The van der Waals surface area contributed by atoms with E-state index in [0.29, 0.717) is 11.5 Å². The molecule has 7 nitrogen and oxygen atoms in total. The van der Waals surface area contributed by atoms with E-state index in [1.165, 1.54) is 6.07 Å². The van der Waals surface area contributed by atoms with Crippen LogP contribution < -0.4 is 11.2 Å². The van der Waals surface area contributed by atoms with Gasteiger partial charge in [0, 0.05) is 23.9 Å². The molecule has 0 aliphatic heterocycles. The lowest BCUT2D eigenvalue weighted by Crippen LogP contribution is -2.23. The van der Waals surface area contributed by atoms with E-state index in [-0.39, 0.29) is 6.42 Å². The number of nitrogens with zero attached hydrogens (tertiary/aromatic N) is 3. The lowest BCUT2D eigenvalue weighted by atomic mass is 10.1. The summed E-state index contributed by atoms with van der Waals surface area (Å²) >= 11 is 1.58. The van der Waals surface area contributed by atoms with Crippen LogP contribution >= 0.6 is 11.8 Å². The molecule has 2 aromatic heterocycles. The van der Waals surface area contributed by atoms with E-state index < -0.39 is 11.2 Å². The monoisotopic (exact) mass is 445 g/mol. The molecule has 0 fully saturated rings. The van der Waals surface area contributed by atoms with E-state index in [1.807, 2.05) is 36.6 Å². The van der Waals surface area contributed by atoms with Crippen molar-refractivity contribution >= 4 is 17.8 Å². The quantitative estimate of drug-likeness (QED) is 0.423. The van der Waals surface area contributed by atoms with Gasteiger partial charge in [0.25, 0.3) is 5.56 Å². The minimum atomic E-state index is -0.536. The van der Waals surface area contributed by atoms with Crippen molar-refractivity contribution in [2.75, 3.05) is 5.75 Å². The van der Waals surface area contributed by atoms with Crippen LogP contribution in [0.5, 0.6) is 0 Å². The molecule has 162 valence electrons. The first kappa shape index (κ1) is 21.6. The molecule has 0 saturated heterocycles. The molecular formula is C24H23N5O2S. The Morgan fingerprint density at radius 2 is 1.81 bits per heavy atom. The lowest BCUT2D eigenvalue weighted by Gasteiger charge is -2.13. The number of H-pyrrole nitrogens is 2. The fourth-order valence-corrected chi connectivity index (χ4v) is 4.14. The standard InChI is InChI=1S/C24H23N5O2S/c1-16-10-11-17(2)20(13-16)29-21(14-19-15-22(30)26-23(31)25-19)27-28-24(29)32-12-6-9-18-7-4-3-5-8-18/h3-11,13,15H,12,14H2,1-2H3,(H2,25,26,30,31). The van der Waals surface area contributed by atoms with E-state index >= 15 is 0 Å². The van der Waals surface area contributed by atoms with Crippen molar-refractivity contribution in [3.63, 3.8) is 0 Å². The predicted molar refractivity (Wildman–Crippen MR) is 128 cm³/mol. The topological polar surface area (TPSA) is 96.4 Å². The number of aromatic amines is 2. The minimum Gasteiger partial charge on any atom is -0.311 e. The molecule has 2 N–H and O–H groups in total. The second kappa shape index (κ2) is 9.65. The van der Waals surface area contributed by atoms with Crippen molar-refractivity contribution in [2.24, 2.45) is 0 Å². The third-order valence-electron chi connectivity index (χ3n) is 4.89. The Morgan fingerprint density at radius 3 is 2.59 bits per heavy atom. The SMILES string of the molecule is Cc1ccc(C)c(-n2c(Cc3cc(=O)[nH]c(=O)[nH]3)nnc2SCC=Cc2ccccc2)c1. The number of benzene rings is 2. The van der Waals surface area contributed by atoms with Gasteiger partial charge in [-0.15, -0.1) is 10.2 Å². The summed E-state index contributed by atoms with van der Waals surface area (Å²) in [6.07, 6.45) is 4.45. The van der Waals surface area contributed by atoms with E-state index in [9.17, 15) is 9.59 Å². The second-order valence-corrected chi connectivity index (χ2v) is 8.43. The van der Waals surface area contributed by atoms with Crippen molar-refractivity contribution in [1.29, 1.82) is 0 Å². The number of nitrogens with one attached hydrogen (secondary N) is 2. The molecule has 0 spiro atoms. The Balaban J connectivity index is 1.67. The predicted octanol–water partition coefficient (Wildman–Crippen LogP) is 3.66. The molecule has 32 heavy (non-hydrogen) atoms. The number of aromatic nitrogens is 5. The maximum absolute atomic E-state index is 11.7. The smallest absolute Gasteiger partial charge is 0.311 e. The van der Waals surface area contributed by atoms with Gasteiger partial charge in [0.2, 0.25) is 0 Å². The Labute approximate surface area is 189 Å². The molecule has 0 unspecified atom stereocenters. The summed E-state index contributed by atoms with van der Waals surface area (Å²) in [6.45, 7) is 4.08. The molecule has 0 saturated carbocycles. The average Bonchev–Trinajstić information content (AvgIpc) is 3.15. The lowest BCUT2D eigenvalue weighted by molar-refractivity contribution is 0.824. The zero-order valence-corrected chi connectivity index (χ0v) is 18.6. The number of thioether (sulfide) groups is 1. The molecule has 0 bridgehead atoms. The fraction of sp³-hybridized carbons (Fsp3) is 0.167. The molecule has 8 heteroatoms. The molecule has 0 aliphatic carbocycles. The molecule has 4 rings (SSSR count). The van der Waals surface area contributed by atoms with Gasteiger partial charge in [-0.25, -0.2) is 4.79 Å². The van der Waals surface area contributed by atoms with Gasteiger partial charge in [-0.1, -0.05) is 66.4 Å². The molecule has 0 amide bonds. The summed E-state index contributed by atoms with van der Waals surface area (Å²) in [7, 11) is 0. The summed E-state index contributed by atoms with van der Waals surface area (Å²) in [6, 6.07) is 17.7. The third-order valence-corrected chi connectivity index (χ3v) is 5.77. The summed E-state index contributed by atoms with van der Waals surface area (Å²) in [5.74, 6) is 1.37. The molecular weight excluding hydrogens is 422 g/mol. The number of hydrogen-bond donors (Lipinski definition) is 2. The molecule has 0 aliphatic rings. The maximum atomic E-state index is 11.7. The van der Waals surface area contributed by atoms with Gasteiger partial charge < -0.3 is 4.98 Å². The normalized spacial score (nSPS) is 11.3. The van der Waals surface area contributed by atoms with Gasteiger partial charge in [0.1, 0.15) is 5.82 Å². The highest BCUT2D eigenvalue weighted by molar-refractivity contribution is 7.99. The van der Waals surface area contributed by atoms with Gasteiger partial charge in [-0.05, 0) is 36.6 Å². The molecule has 2 heterocycles. The Bertz CT molecular complexity index is 1340. The number of aryl methyl sites for hydroxylation is 2. The van der Waals surface area contributed by atoms with Crippen LogP contribution in [0.15, 0.2) is 75.4 Å².